The Hall–Kier alpha value is -1.65. The van der Waals surface area contributed by atoms with Crippen molar-refractivity contribution in [3.8, 4) is 0 Å². The van der Waals surface area contributed by atoms with E-state index in [1.165, 1.54) is 13.5 Å². The highest BCUT2D eigenvalue weighted by Gasteiger charge is 2.19. The summed E-state index contributed by atoms with van der Waals surface area (Å²) in [5, 5.41) is 3.04. The molecular formula is C12H17N3O2. The van der Waals surface area contributed by atoms with E-state index >= 15 is 0 Å². The summed E-state index contributed by atoms with van der Waals surface area (Å²) in [6.45, 7) is 0. The third-order valence-electron chi connectivity index (χ3n) is 3.04. The molecule has 0 aliphatic heterocycles. The fourth-order valence-corrected chi connectivity index (χ4v) is 2.16. The van der Waals surface area contributed by atoms with Crippen molar-refractivity contribution in [3.05, 3.63) is 17.1 Å². The smallest absolute Gasteiger partial charge is 0.376 e. The van der Waals surface area contributed by atoms with Crippen molar-refractivity contribution in [1.82, 2.24) is 9.97 Å². The number of esters is 1. The average Bonchev–Trinajstić information content (AvgIpc) is 2.61. The third-order valence-corrected chi connectivity index (χ3v) is 3.04. The van der Waals surface area contributed by atoms with Gasteiger partial charge in [-0.3, -0.25) is 0 Å². The van der Waals surface area contributed by atoms with Gasteiger partial charge in [0.1, 0.15) is 5.82 Å². The number of rotatable bonds is 2. The first kappa shape index (κ1) is 11.8. The van der Waals surface area contributed by atoms with Gasteiger partial charge in [0.25, 0.3) is 0 Å². The first-order valence-electron chi connectivity index (χ1n) is 5.92. The Kier molecular flexibility index (Phi) is 3.56. The molecule has 92 valence electrons. The number of anilines is 1. The van der Waals surface area contributed by atoms with Gasteiger partial charge in [0.05, 0.1) is 12.8 Å². The minimum Gasteiger partial charge on any atom is -0.463 e. The largest absolute Gasteiger partial charge is 0.463 e. The number of methoxy groups -OCH3 is 1. The van der Waals surface area contributed by atoms with Gasteiger partial charge >= 0.3 is 5.97 Å². The first-order chi connectivity index (χ1) is 8.26. The maximum absolute atomic E-state index is 11.5. The van der Waals surface area contributed by atoms with Crippen molar-refractivity contribution in [1.29, 1.82) is 0 Å². The van der Waals surface area contributed by atoms with E-state index in [2.05, 4.69) is 20.0 Å². The summed E-state index contributed by atoms with van der Waals surface area (Å²) >= 11 is 0. The number of aromatic nitrogens is 2. The molecule has 1 aliphatic carbocycles. The summed E-state index contributed by atoms with van der Waals surface area (Å²) in [5.41, 5.74) is 2.14. The Bertz CT molecular complexity index is 432. The molecule has 2 rings (SSSR count). The fraction of sp³-hybridized carbons (Fsp3) is 0.583. The van der Waals surface area contributed by atoms with Gasteiger partial charge in [0.15, 0.2) is 0 Å². The van der Waals surface area contributed by atoms with E-state index in [4.69, 9.17) is 0 Å². The van der Waals surface area contributed by atoms with Crippen LogP contribution in [0.15, 0.2) is 0 Å². The Balaban J connectivity index is 2.46. The van der Waals surface area contributed by atoms with Gasteiger partial charge in [0, 0.05) is 12.6 Å². The van der Waals surface area contributed by atoms with E-state index in [1.807, 2.05) is 7.05 Å². The van der Waals surface area contributed by atoms with Crippen LogP contribution in [0.2, 0.25) is 0 Å². The number of hydrogen-bond acceptors (Lipinski definition) is 5. The van der Waals surface area contributed by atoms with E-state index < -0.39 is 5.97 Å². The summed E-state index contributed by atoms with van der Waals surface area (Å²) in [5.74, 6) is 0.434. The van der Waals surface area contributed by atoms with Crippen LogP contribution in [0.1, 0.15) is 41.1 Å². The number of hydrogen-bond donors (Lipinski definition) is 1. The highest BCUT2D eigenvalue weighted by Crippen LogP contribution is 2.24. The van der Waals surface area contributed by atoms with Gasteiger partial charge in [-0.25, -0.2) is 14.8 Å². The molecule has 0 saturated carbocycles. The Morgan fingerprint density at radius 3 is 2.71 bits per heavy atom. The van der Waals surface area contributed by atoms with Crippen molar-refractivity contribution in [3.63, 3.8) is 0 Å². The van der Waals surface area contributed by atoms with Crippen LogP contribution in [0.25, 0.3) is 0 Å². The molecule has 0 bridgehead atoms. The van der Waals surface area contributed by atoms with Crippen LogP contribution >= 0.6 is 0 Å². The maximum atomic E-state index is 11.5. The molecule has 0 amide bonds. The maximum Gasteiger partial charge on any atom is 0.376 e. The molecule has 1 N–H and O–H groups in total. The number of carbonyl (C=O) groups excluding carboxylic acids is 1. The molecule has 5 nitrogen and oxygen atoms in total. The lowest BCUT2D eigenvalue weighted by Gasteiger charge is -2.11. The molecule has 0 aromatic carbocycles. The Morgan fingerprint density at radius 2 is 2.00 bits per heavy atom. The second-order valence-corrected chi connectivity index (χ2v) is 4.12. The SMILES string of the molecule is CNc1nc(C(=O)OC)nc2c1CCCCC2. The number of fused-ring (bicyclic) bond motifs is 1. The highest BCUT2D eigenvalue weighted by atomic mass is 16.5. The van der Waals surface area contributed by atoms with Crippen LogP contribution in [-0.2, 0) is 17.6 Å². The van der Waals surface area contributed by atoms with Crippen molar-refractivity contribution in [2.24, 2.45) is 0 Å². The summed E-state index contributed by atoms with van der Waals surface area (Å²) in [7, 11) is 3.16. The standard InChI is InChI=1S/C12H17N3O2/c1-13-10-8-6-4-3-5-7-9(8)14-11(15-10)12(16)17-2/h3-7H2,1-2H3,(H,13,14,15). The lowest BCUT2D eigenvalue weighted by Crippen LogP contribution is -2.14. The first-order valence-corrected chi connectivity index (χ1v) is 5.92. The van der Waals surface area contributed by atoms with Crippen LogP contribution in [-0.4, -0.2) is 30.1 Å². The summed E-state index contributed by atoms with van der Waals surface area (Å²) in [4.78, 5) is 20.0. The number of nitrogens with one attached hydrogen (secondary N) is 1. The van der Waals surface area contributed by atoms with Gasteiger partial charge in [-0.1, -0.05) is 6.42 Å². The van der Waals surface area contributed by atoms with E-state index in [1.54, 1.807) is 0 Å². The molecule has 0 fully saturated rings. The molecule has 5 heteroatoms. The molecule has 0 saturated heterocycles. The summed E-state index contributed by atoms with van der Waals surface area (Å²) < 4.78 is 4.67. The molecule has 1 aliphatic rings. The minimum atomic E-state index is -0.478. The summed E-state index contributed by atoms with van der Waals surface area (Å²) in [6.07, 6.45) is 5.37. The van der Waals surface area contributed by atoms with E-state index in [9.17, 15) is 4.79 Å². The monoisotopic (exact) mass is 235 g/mol. The predicted molar refractivity (Wildman–Crippen MR) is 64.2 cm³/mol. The van der Waals surface area contributed by atoms with Crippen LogP contribution in [0.3, 0.4) is 0 Å². The second-order valence-electron chi connectivity index (χ2n) is 4.12. The summed E-state index contributed by atoms with van der Waals surface area (Å²) in [6, 6.07) is 0. The van der Waals surface area contributed by atoms with Gasteiger partial charge in [-0.2, -0.15) is 0 Å². The topological polar surface area (TPSA) is 64.1 Å². The Morgan fingerprint density at radius 1 is 1.24 bits per heavy atom. The lowest BCUT2D eigenvalue weighted by molar-refractivity contribution is 0.0586. The lowest BCUT2D eigenvalue weighted by atomic mass is 10.1. The predicted octanol–water partition coefficient (Wildman–Crippen LogP) is 1.57. The van der Waals surface area contributed by atoms with Crippen LogP contribution in [0, 0.1) is 0 Å². The van der Waals surface area contributed by atoms with Crippen LogP contribution in [0.4, 0.5) is 5.82 Å². The van der Waals surface area contributed by atoms with Crippen molar-refractivity contribution in [2.75, 3.05) is 19.5 Å². The molecule has 17 heavy (non-hydrogen) atoms. The third kappa shape index (κ3) is 2.38. The number of ether oxygens (including phenoxy) is 1. The number of nitrogens with zero attached hydrogens (tertiary/aromatic N) is 2. The quantitative estimate of drug-likeness (QED) is 0.622. The van der Waals surface area contributed by atoms with E-state index in [0.29, 0.717) is 0 Å². The molecular weight excluding hydrogens is 218 g/mol. The molecule has 1 aromatic rings. The van der Waals surface area contributed by atoms with Gasteiger partial charge < -0.3 is 10.1 Å². The van der Waals surface area contributed by atoms with Gasteiger partial charge in [0.2, 0.25) is 5.82 Å². The van der Waals surface area contributed by atoms with Crippen molar-refractivity contribution < 1.29 is 9.53 Å². The van der Waals surface area contributed by atoms with Crippen LogP contribution in [0.5, 0.6) is 0 Å². The second kappa shape index (κ2) is 5.12. The minimum absolute atomic E-state index is 0.150. The van der Waals surface area contributed by atoms with Crippen molar-refractivity contribution >= 4 is 11.8 Å². The zero-order chi connectivity index (χ0) is 12.3. The average molecular weight is 235 g/mol. The highest BCUT2D eigenvalue weighted by molar-refractivity contribution is 5.85. The van der Waals surface area contributed by atoms with E-state index in [-0.39, 0.29) is 5.82 Å². The molecule has 0 radical (unpaired) electrons. The van der Waals surface area contributed by atoms with Gasteiger partial charge in [-0.15, -0.1) is 0 Å². The normalized spacial score (nSPS) is 14.7. The number of carbonyl (C=O) groups is 1. The zero-order valence-corrected chi connectivity index (χ0v) is 10.2. The molecule has 0 spiro atoms. The zero-order valence-electron chi connectivity index (χ0n) is 10.2. The molecule has 1 heterocycles. The van der Waals surface area contributed by atoms with Crippen molar-refractivity contribution in [2.45, 2.75) is 32.1 Å². The Labute approximate surface area is 101 Å². The molecule has 1 aromatic heterocycles. The van der Waals surface area contributed by atoms with Crippen LogP contribution < -0.4 is 5.32 Å². The fourth-order valence-electron chi connectivity index (χ4n) is 2.16. The number of aryl methyl sites for hydroxylation is 1. The van der Waals surface area contributed by atoms with E-state index in [0.717, 1.165) is 42.8 Å². The molecule has 0 atom stereocenters. The molecule has 0 unspecified atom stereocenters. The van der Waals surface area contributed by atoms with Gasteiger partial charge in [-0.05, 0) is 25.7 Å².